The minimum absolute atomic E-state index is 0.170. The lowest BCUT2D eigenvalue weighted by atomic mass is 9.86. The van der Waals surface area contributed by atoms with E-state index in [1.165, 1.54) is 7.11 Å². The van der Waals surface area contributed by atoms with E-state index in [2.05, 4.69) is 36.5 Å². The number of carbonyl (C=O) groups excluding carboxylic acids is 2. The largest absolute Gasteiger partial charge is 0.492 e. The summed E-state index contributed by atoms with van der Waals surface area (Å²) in [5.41, 5.74) is 4.07. The van der Waals surface area contributed by atoms with Gasteiger partial charge in [-0.3, -0.25) is 19.4 Å². The number of terminal acetylenes is 1. The SMILES string of the molecule is C#Cc1cc(Cc2cc(Oc3ccc(NC(=O)Nc4cc(C(C)(C)C)cc(NS(C)(=O)=O)c4OC)c4ccccc34)ccn2)cc(C(=O)NCCN2CCOCC2)c1. The zero-order valence-corrected chi connectivity index (χ0v) is 34.1. The van der Waals surface area contributed by atoms with E-state index in [0.717, 1.165) is 47.8 Å². The van der Waals surface area contributed by atoms with E-state index in [4.69, 9.17) is 20.6 Å². The molecule has 6 rings (SSSR count). The Kier molecular flexibility index (Phi) is 12.9. The van der Waals surface area contributed by atoms with Crippen molar-refractivity contribution >= 4 is 49.8 Å². The minimum Gasteiger partial charge on any atom is -0.492 e. The molecule has 0 spiro atoms. The average Bonchev–Trinajstić information content (AvgIpc) is 3.18. The van der Waals surface area contributed by atoms with Crippen molar-refractivity contribution in [3.8, 4) is 29.6 Å². The Bertz CT molecular complexity index is 2470. The van der Waals surface area contributed by atoms with Gasteiger partial charge >= 0.3 is 6.03 Å². The molecule has 0 aliphatic carbocycles. The summed E-state index contributed by atoms with van der Waals surface area (Å²) < 4.78 is 44.2. The molecule has 4 N–H and O–H groups in total. The fourth-order valence-corrected chi connectivity index (χ4v) is 7.16. The topological polar surface area (TPSA) is 160 Å². The molecule has 5 aromatic rings. The van der Waals surface area contributed by atoms with Crippen molar-refractivity contribution in [3.05, 3.63) is 113 Å². The van der Waals surface area contributed by atoms with Gasteiger partial charge in [0.25, 0.3) is 5.91 Å². The van der Waals surface area contributed by atoms with Gasteiger partial charge in [-0.15, -0.1) is 6.42 Å². The fraction of sp³-hybridized carbons (Fsp3) is 0.295. The number of rotatable bonds is 13. The van der Waals surface area contributed by atoms with Gasteiger partial charge in [-0.1, -0.05) is 51.0 Å². The summed E-state index contributed by atoms with van der Waals surface area (Å²) in [5.74, 6) is 3.75. The number of urea groups is 1. The average molecular weight is 805 g/mol. The minimum atomic E-state index is -3.64. The van der Waals surface area contributed by atoms with Gasteiger partial charge in [-0.2, -0.15) is 0 Å². The maximum absolute atomic E-state index is 13.5. The third-order valence-electron chi connectivity index (χ3n) is 9.47. The second-order valence-electron chi connectivity index (χ2n) is 15.0. The van der Waals surface area contributed by atoms with Crippen LogP contribution < -0.4 is 30.1 Å². The highest BCUT2D eigenvalue weighted by Gasteiger charge is 2.23. The third kappa shape index (κ3) is 10.8. The Morgan fingerprint density at radius 3 is 2.36 bits per heavy atom. The van der Waals surface area contributed by atoms with Crippen LogP contribution in [0.3, 0.4) is 0 Å². The van der Waals surface area contributed by atoms with E-state index >= 15 is 0 Å². The normalized spacial score (nSPS) is 13.3. The van der Waals surface area contributed by atoms with Gasteiger partial charge in [0.15, 0.2) is 5.75 Å². The zero-order chi connectivity index (χ0) is 41.5. The summed E-state index contributed by atoms with van der Waals surface area (Å²) in [5, 5.41) is 10.2. The number of amides is 3. The molecule has 302 valence electrons. The third-order valence-corrected chi connectivity index (χ3v) is 10.1. The van der Waals surface area contributed by atoms with Gasteiger partial charge in [0.1, 0.15) is 11.5 Å². The fourth-order valence-electron chi connectivity index (χ4n) is 6.61. The maximum atomic E-state index is 13.5. The molecule has 1 fully saturated rings. The van der Waals surface area contributed by atoms with Crippen molar-refractivity contribution in [3.63, 3.8) is 0 Å². The lowest BCUT2D eigenvalue weighted by molar-refractivity contribution is 0.0383. The van der Waals surface area contributed by atoms with Crippen LogP contribution in [0.2, 0.25) is 0 Å². The van der Waals surface area contributed by atoms with E-state index in [0.29, 0.717) is 65.9 Å². The van der Waals surface area contributed by atoms with Crippen LogP contribution in [0.25, 0.3) is 10.8 Å². The van der Waals surface area contributed by atoms with Crippen molar-refractivity contribution in [1.82, 2.24) is 15.2 Å². The van der Waals surface area contributed by atoms with Crippen molar-refractivity contribution in [2.24, 2.45) is 0 Å². The van der Waals surface area contributed by atoms with Gasteiger partial charge in [0, 0.05) is 72.5 Å². The van der Waals surface area contributed by atoms with Gasteiger partial charge in [-0.25, -0.2) is 13.2 Å². The van der Waals surface area contributed by atoms with Crippen LogP contribution in [0, 0.1) is 12.3 Å². The zero-order valence-electron chi connectivity index (χ0n) is 33.3. The smallest absolute Gasteiger partial charge is 0.323 e. The molecule has 0 saturated carbocycles. The summed E-state index contributed by atoms with van der Waals surface area (Å²) >= 11 is 0. The van der Waals surface area contributed by atoms with Crippen LogP contribution in [-0.4, -0.2) is 83.0 Å². The van der Waals surface area contributed by atoms with Crippen LogP contribution in [0.15, 0.2) is 85.1 Å². The monoisotopic (exact) mass is 804 g/mol. The first kappa shape index (κ1) is 41.5. The number of ether oxygens (including phenoxy) is 3. The lowest BCUT2D eigenvalue weighted by Crippen LogP contribution is -2.41. The predicted molar refractivity (Wildman–Crippen MR) is 228 cm³/mol. The van der Waals surface area contributed by atoms with E-state index in [1.54, 1.807) is 42.6 Å². The Morgan fingerprint density at radius 1 is 0.931 bits per heavy atom. The van der Waals surface area contributed by atoms with Crippen LogP contribution in [0.5, 0.6) is 17.2 Å². The van der Waals surface area contributed by atoms with Gasteiger partial charge < -0.3 is 30.2 Å². The number of anilines is 3. The summed E-state index contributed by atoms with van der Waals surface area (Å²) in [6.45, 7) is 10.3. The van der Waals surface area contributed by atoms with E-state index in [9.17, 15) is 18.0 Å². The number of fused-ring (bicyclic) bond motifs is 1. The molecule has 1 aromatic heterocycles. The quantitative estimate of drug-likeness (QED) is 0.0921. The Balaban J connectivity index is 1.17. The van der Waals surface area contributed by atoms with Crippen LogP contribution in [-0.2, 0) is 26.6 Å². The highest BCUT2D eigenvalue weighted by atomic mass is 32.2. The molecule has 1 aliphatic rings. The number of nitrogens with zero attached hydrogens (tertiary/aromatic N) is 2. The molecule has 2 heterocycles. The van der Waals surface area contributed by atoms with Crippen LogP contribution >= 0.6 is 0 Å². The van der Waals surface area contributed by atoms with Crippen molar-refractivity contribution in [2.45, 2.75) is 32.6 Å². The number of pyridine rings is 1. The Labute approximate surface area is 339 Å². The summed E-state index contributed by atoms with van der Waals surface area (Å²) in [6.07, 6.45) is 8.90. The predicted octanol–water partition coefficient (Wildman–Crippen LogP) is 6.98. The van der Waals surface area contributed by atoms with Crippen LogP contribution in [0.1, 0.15) is 53.5 Å². The molecule has 58 heavy (non-hydrogen) atoms. The molecule has 3 amide bonds. The molecule has 0 unspecified atom stereocenters. The molecule has 13 nitrogen and oxygen atoms in total. The molecular weight excluding hydrogens is 757 g/mol. The number of carbonyl (C=O) groups is 2. The second-order valence-corrected chi connectivity index (χ2v) is 16.7. The highest BCUT2D eigenvalue weighted by molar-refractivity contribution is 7.92. The van der Waals surface area contributed by atoms with Gasteiger partial charge in [0.2, 0.25) is 10.0 Å². The standard InChI is InChI=1S/C44H48N6O7S/c1-7-29-22-30(24-31(23-29)42(51)46-16-17-50-18-20-56-21-19-50)25-33-28-34(14-15-45-33)57-40-13-12-37(35-10-8-9-11-36(35)40)47-43(52)48-38-26-32(44(2,3)4)27-39(41(38)55-5)49-58(6,53)54/h1,8-15,22-24,26-28,49H,16-21,25H2,2-6H3,(H,46,51)(H2,47,48,52). The first-order chi connectivity index (χ1) is 27.7. The Morgan fingerprint density at radius 2 is 1.66 bits per heavy atom. The molecule has 1 saturated heterocycles. The van der Waals surface area contributed by atoms with Gasteiger partial charge in [0.05, 0.1) is 43.6 Å². The molecular formula is C44H48N6O7S. The first-order valence-corrected chi connectivity index (χ1v) is 20.7. The number of aromatic nitrogens is 1. The molecule has 1 aliphatic heterocycles. The van der Waals surface area contributed by atoms with Gasteiger partial charge in [-0.05, 0) is 65.1 Å². The summed E-state index contributed by atoms with van der Waals surface area (Å²) in [4.78, 5) is 33.4. The number of morpholine rings is 1. The number of hydrogen-bond donors (Lipinski definition) is 4. The number of sulfonamides is 1. The first-order valence-electron chi connectivity index (χ1n) is 18.8. The molecule has 0 atom stereocenters. The number of benzene rings is 4. The molecule has 14 heteroatoms. The number of nitrogens with one attached hydrogen (secondary N) is 4. The molecule has 0 radical (unpaired) electrons. The van der Waals surface area contributed by atoms with E-state index in [-0.39, 0.29) is 22.8 Å². The Hall–Kier alpha value is -6.14. The van der Waals surface area contributed by atoms with Crippen molar-refractivity contribution in [2.75, 3.05) is 68.1 Å². The summed E-state index contributed by atoms with van der Waals surface area (Å²) in [6, 6.07) is 22.9. The number of hydrogen-bond acceptors (Lipinski definition) is 9. The van der Waals surface area contributed by atoms with Crippen LogP contribution in [0.4, 0.5) is 21.9 Å². The van der Waals surface area contributed by atoms with Crippen molar-refractivity contribution < 1.29 is 32.2 Å². The van der Waals surface area contributed by atoms with Crippen molar-refractivity contribution in [1.29, 1.82) is 0 Å². The van der Waals surface area contributed by atoms with E-state index < -0.39 is 16.1 Å². The second kappa shape index (κ2) is 18.0. The number of methoxy groups -OCH3 is 1. The lowest BCUT2D eigenvalue weighted by Gasteiger charge is -2.26. The van der Waals surface area contributed by atoms with E-state index in [1.807, 2.05) is 63.2 Å². The molecule has 0 bridgehead atoms. The summed E-state index contributed by atoms with van der Waals surface area (Å²) in [7, 11) is -2.24. The highest BCUT2D eigenvalue weighted by Crippen LogP contribution is 2.40. The maximum Gasteiger partial charge on any atom is 0.323 e. The molecule has 4 aromatic carbocycles.